The Balaban J connectivity index is 1.74. The number of para-hydroxylation sites is 1. The molecule has 0 bridgehead atoms. The summed E-state index contributed by atoms with van der Waals surface area (Å²) in [6.45, 7) is 0. The summed E-state index contributed by atoms with van der Waals surface area (Å²) < 4.78 is 32.8. The van der Waals surface area contributed by atoms with Crippen LogP contribution in [-0.4, -0.2) is 18.0 Å². The van der Waals surface area contributed by atoms with Crippen molar-refractivity contribution in [2.24, 2.45) is 0 Å². The van der Waals surface area contributed by atoms with E-state index in [9.17, 15) is 13.0 Å². The Kier molecular flexibility index (Phi) is 4.59. The summed E-state index contributed by atoms with van der Waals surface area (Å²) in [6.07, 6.45) is 1.92. The minimum atomic E-state index is -4.33. The van der Waals surface area contributed by atoms with Crippen molar-refractivity contribution in [2.45, 2.75) is 23.7 Å². The van der Waals surface area contributed by atoms with Crippen molar-refractivity contribution in [3.8, 4) is 17.2 Å². The zero-order chi connectivity index (χ0) is 19.7. The van der Waals surface area contributed by atoms with Crippen LogP contribution >= 0.6 is 0 Å². The van der Waals surface area contributed by atoms with Crippen LogP contribution in [0.5, 0.6) is 0 Å². The smallest absolute Gasteiger partial charge is 0.294 e. The Morgan fingerprint density at radius 3 is 2.43 bits per heavy atom. The van der Waals surface area contributed by atoms with E-state index in [1.54, 1.807) is 12.1 Å². The number of hydrogen-bond acceptors (Lipinski definition) is 5. The number of benzene rings is 2. The van der Waals surface area contributed by atoms with E-state index < -0.39 is 10.1 Å². The molecule has 1 fully saturated rings. The lowest BCUT2D eigenvalue weighted by molar-refractivity contribution is 0.483. The average Bonchev–Trinajstić information content (AvgIpc) is 3.53. The number of rotatable bonds is 5. The second-order valence-corrected chi connectivity index (χ2v) is 8.14. The van der Waals surface area contributed by atoms with Crippen LogP contribution in [0.15, 0.2) is 65.6 Å². The van der Waals surface area contributed by atoms with Gasteiger partial charge >= 0.3 is 0 Å². The highest BCUT2D eigenvalue weighted by Gasteiger charge is 2.27. The molecule has 2 aromatic carbocycles. The summed E-state index contributed by atoms with van der Waals surface area (Å²) in [4.78, 5) is 4.37. The molecule has 1 aliphatic rings. The molecule has 1 aliphatic carbocycles. The van der Waals surface area contributed by atoms with Gasteiger partial charge in [-0.2, -0.15) is 13.7 Å². The van der Waals surface area contributed by atoms with Gasteiger partial charge < -0.3 is 5.32 Å². The van der Waals surface area contributed by atoms with Crippen molar-refractivity contribution in [3.63, 3.8) is 0 Å². The fourth-order valence-electron chi connectivity index (χ4n) is 3.03. The summed E-state index contributed by atoms with van der Waals surface area (Å²) in [5.41, 5.74) is 3.78. The minimum absolute atomic E-state index is 0.164. The van der Waals surface area contributed by atoms with Crippen LogP contribution in [-0.2, 0) is 10.1 Å². The summed E-state index contributed by atoms with van der Waals surface area (Å²) >= 11 is 0. The number of pyridine rings is 1. The lowest BCUT2D eigenvalue weighted by atomic mass is 10.0. The lowest BCUT2D eigenvalue weighted by Gasteiger charge is -2.13. The third-order valence-electron chi connectivity index (χ3n) is 4.63. The minimum Gasteiger partial charge on any atom is -0.340 e. The van der Waals surface area contributed by atoms with Crippen molar-refractivity contribution in [1.29, 1.82) is 5.26 Å². The van der Waals surface area contributed by atoms with E-state index in [2.05, 4.69) is 16.4 Å². The largest absolute Gasteiger partial charge is 0.340 e. The fraction of sp³-hybridized carbons (Fsp3) is 0.143. The first-order chi connectivity index (χ1) is 13.4. The van der Waals surface area contributed by atoms with Gasteiger partial charge in [0, 0.05) is 28.9 Å². The van der Waals surface area contributed by atoms with Gasteiger partial charge in [0.05, 0.1) is 16.5 Å². The average molecular weight is 391 g/mol. The van der Waals surface area contributed by atoms with Gasteiger partial charge in [-0.3, -0.25) is 4.55 Å². The van der Waals surface area contributed by atoms with Crippen LogP contribution in [0.2, 0.25) is 0 Å². The predicted molar refractivity (Wildman–Crippen MR) is 106 cm³/mol. The molecule has 0 saturated heterocycles. The van der Waals surface area contributed by atoms with Gasteiger partial charge in [0.25, 0.3) is 10.1 Å². The summed E-state index contributed by atoms with van der Waals surface area (Å²) in [6, 6.07) is 19.6. The molecule has 1 heterocycles. The molecule has 140 valence electrons. The molecule has 1 saturated carbocycles. The van der Waals surface area contributed by atoms with Crippen molar-refractivity contribution in [1.82, 2.24) is 4.98 Å². The zero-order valence-electron chi connectivity index (χ0n) is 14.8. The molecule has 0 atom stereocenters. The maximum atomic E-state index is 11.7. The van der Waals surface area contributed by atoms with Crippen LogP contribution in [0.25, 0.3) is 11.1 Å². The first-order valence-corrected chi connectivity index (χ1v) is 10.2. The van der Waals surface area contributed by atoms with Crippen LogP contribution in [0, 0.1) is 11.3 Å². The third kappa shape index (κ3) is 3.88. The van der Waals surface area contributed by atoms with Gasteiger partial charge in [-0.25, -0.2) is 4.98 Å². The molecular weight excluding hydrogens is 374 g/mol. The molecule has 0 unspecified atom stereocenters. The quantitative estimate of drug-likeness (QED) is 0.621. The molecule has 0 aliphatic heterocycles. The van der Waals surface area contributed by atoms with Gasteiger partial charge in [-0.1, -0.05) is 30.3 Å². The molecule has 6 nitrogen and oxygen atoms in total. The van der Waals surface area contributed by atoms with E-state index in [1.165, 1.54) is 12.1 Å². The Hall–Kier alpha value is -3.21. The standard InChI is InChI=1S/C21H17N3O3S/c22-13-14-5-7-15(8-6-14)18-3-1-2-4-19(18)23-21-12-17(28(25,26)27)11-20(24-21)16-9-10-16/h1-8,11-12,16H,9-10H2,(H,23,24)(H,25,26,27). The number of aromatic nitrogens is 1. The van der Waals surface area contributed by atoms with E-state index >= 15 is 0 Å². The Morgan fingerprint density at radius 1 is 1.07 bits per heavy atom. The third-order valence-corrected chi connectivity index (χ3v) is 5.46. The molecule has 0 radical (unpaired) electrons. The topological polar surface area (TPSA) is 103 Å². The highest BCUT2D eigenvalue weighted by Crippen LogP contribution is 2.40. The number of nitriles is 1. The van der Waals surface area contributed by atoms with E-state index in [0.717, 1.165) is 29.7 Å². The van der Waals surface area contributed by atoms with Crippen LogP contribution in [0.3, 0.4) is 0 Å². The zero-order valence-corrected chi connectivity index (χ0v) is 15.6. The second-order valence-electron chi connectivity index (χ2n) is 6.72. The van der Waals surface area contributed by atoms with Crippen molar-refractivity contribution in [3.05, 3.63) is 71.9 Å². The molecule has 28 heavy (non-hydrogen) atoms. The second kappa shape index (κ2) is 7.08. The lowest BCUT2D eigenvalue weighted by Crippen LogP contribution is -2.04. The van der Waals surface area contributed by atoms with E-state index in [0.29, 0.717) is 17.1 Å². The van der Waals surface area contributed by atoms with Crippen LogP contribution < -0.4 is 5.32 Å². The Labute approximate surface area is 163 Å². The van der Waals surface area contributed by atoms with Crippen molar-refractivity contribution < 1.29 is 13.0 Å². The van der Waals surface area contributed by atoms with Crippen molar-refractivity contribution in [2.75, 3.05) is 5.32 Å². The van der Waals surface area contributed by atoms with Crippen molar-refractivity contribution >= 4 is 21.6 Å². The van der Waals surface area contributed by atoms with E-state index in [-0.39, 0.29) is 10.8 Å². The highest BCUT2D eigenvalue weighted by molar-refractivity contribution is 7.85. The predicted octanol–water partition coefficient (Wildman–Crippen LogP) is 4.49. The first kappa shape index (κ1) is 18.2. The maximum absolute atomic E-state index is 11.7. The Bertz CT molecular complexity index is 1180. The molecule has 3 aromatic rings. The first-order valence-electron chi connectivity index (χ1n) is 8.80. The molecular formula is C21H17N3O3S. The number of anilines is 2. The van der Waals surface area contributed by atoms with Gasteiger partial charge in [0.1, 0.15) is 5.82 Å². The summed E-state index contributed by atoms with van der Waals surface area (Å²) in [5.74, 6) is 0.592. The number of nitrogens with one attached hydrogen (secondary N) is 1. The van der Waals surface area contributed by atoms with Gasteiger partial charge in [0.2, 0.25) is 0 Å². The molecule has 0 spiro atoms. The van der Waals surface area contributed by atoms with E-state index in [4.69, 9.17) is 5.26 Å². The van der Waals surface area contributed by atoms with Crippen LogP contribution in [0.4, 0.5) is 11.5 Å². The van der Waals surface area contributed by atoms with Gasteiger partial charge in [0.15, 0.2) is 0 Å². The SMILES string of the molecule is N#Cc1ccc(-c2ccccc2Nc2cc(S(=O)(=O)O)cc(C3CC3)n2)cc1. The summed E-state index contributed by atoms with van der Waals surface area (Å²) in [5, 5.41) is 12.2. The van der Waals surface area contributed by atoms with E-state index in [1.807, 2.05) is 36.4 Å². The van der Waals surface area contributed by atoms with Gasteiger partial charge in [-0.15, -0.1) is 0 Å². The monoisotopic (exact) mass is 391 g/mol. The van der Waals surface area contributed by atoms with Gasteiger partial charge in [-0.05, 0) is 42.7 Å². The van der Waals surface area contributed by atoms with Crippen LogP contribution in [0.1, 0.15) is 30.0 Å². The molecule has 0 amide bonds. The molecule has 7 heteroatoms. The molecule has 1 aromatic heterocycles. The maximum Gasteiger partial charge on any atom is 0.294 e. The number of nitrogens with zero attached hydrogens (tertiary/aromatic N) is 2. The number of hydrogen-bond donors (Lipinski definition) is 2. The Morgan fingerprint density at radius 2 is 1.79 bits per heavy atom. The highest BCUT2D eigenvalue weighted by atomic mass is 32.2. The molecule has 4 rings (SSSR count). The normalized spacial score (nSPS) is 13.7. The summed E-state index contributed by atoms with van der Waals surface area (Å²) in [7, 11) is -4.33. The fourth-order valence-corrected chi connectivity index (χ4v) is 3.56. The molecule has 2 N–H and O–H groups in total.